The van der Waals surface area contributed by atoms with Crippen molar-refractivity contribution in [2.75, 3.05) is 0 Å². The first-order valence-electron chi connectivity index (χ1n) is 20.2. The monoisotopic (exact) mass is 870 g/mol. The summed E-state index contributed by atoms with van der Waals surface area (Å²) in [6.45, 7) is 13.4. The van der Waals surface area contributed by atoms with Crippen LogP contribution in [0.5, 0.6) is 0 Å². The molecular weight excluding hydrogens is 819 g/mol. The maximum atomic E-state index is 6.04. The predicted molar refractivity (Wildman–Crippen MR) is 231 cm³/mol. The van der Waals surface area contributed by atoms with E-state index in [9.17, 15) is 0 Å². The normalized spacial score (nSPS) is 11.9. The van der Waals surface area contributed by atoms with E-state index < -0.39 is 0 Å². The van der Waals surface area contributed by atoms with Gasteiger partial charge in [-0.1, -0.05) is 137 Å². The molecule has 0 radical (unpaired) electrons. The summed E-state index contributed by atoms with van der Waals surface area (Å²) in [5, 5.41) is 5.11. The fraction of sp³-hybridized carbons (Fsp3) is 0.269. The first-order chi connectivity index (χ1) is 26.4. The molecule has 0 aliphatic heterocycles. The van der Waals surface area contributed by atoms with E-state index in [1.54, 1.807) is 0 Å². The second-order valence-corrected chi connectivity index (χ2v) is 15.0. The van der Waals surface area contributed by atoms with Crippen molar-refractivity contribution in [2.45, 2.75) is 91.9 Å². The summed E-state index contributed by atoms with van der Waals surface area (Å²) in [6.07, 6.45) is 6.54. The topological polar surface area (TPSA) is 26.3 Å². The largest absolute Gasteiger partial charge is 4.00 e. The van der Waals surface area contributed by atoms with Gasteiger partial charge in [0, 0.05) is 12.8 Å². The minimum Gasteiger partial charge on any atom is -1.00 e. The first kappa shape index (κ1) is 45.8. The van der Waals surface area contributed by atoms with E-state index in [1.807, 2.05) is 0 Å². The molecule has 8 rings (SSSR count). The Morgan fingerprint density at radius 2 is 0.877 bits per heavy atom. The van der Waals surface area contributed by atoms with Crippen molar-refractivity contribution >= 4 is 21.5 Å². The van der Waals surface area contributed by atoms with Crippen LogP contribution in [0, 0.1) is 0 Å². The van der Waals surface area contributed by atoms with Gasteiger partial charge >= 0.3 is 26.2 Å². The second-order valence-electron chi connectivity index (χ2n) is 15.0. The van der Waals surface area contributed by atoms with Gasteiger partial charge < -0.3 is 33.6 Å². The third-order valence-corrected chi connectivity index (χ3v) is 11.2. The molecule has 0 amide bonds. The van der Waals surface area contributed by atoms with Crippen molar-refractivity contribution in [1.82, 2.24) is 0 Å². The minimum atomic E-state index is 0. The second kappa shape index (κ2) is 21.2. The number of hydrogen-bond acceptors (Lipinski definition) is 2. The molecule has 0 saturated carbocycles. The smallest absolute Gasteiger partial charge is 1.00 e. The molecule has 0 spiro atoms. The Kier molecular flexibility index (Phi) is 17.1. The van der Waals surface area contributed by atoms with Gasteiger partial charge in [-0.05, 0) is 84.0 Å². The summed E-state index contributed by atoms with van der Waals surface area (Å²) < 4.78 is 12.1. The van der Waals surface area contributed by atoms with Crippen LogP contribution in [-0.2, 0) is 39.0 Å². The van der Waals surface area contributed by atoms with Crippen LogP contribution in [0.2, 0.25) is 0 Å². The summed E-state index contributed by atoms with van der Waals surface area (Å²) in [6, 6.07) is 48.6. The molecular formula is C52H54Cl2O2Zr. The average Bonchev–Trinajstić information content (AvgIpc) is 4.04. The third kappa shape index (κ3) is 10.4. The van der Waals surface area contributed by atoms with Gasteiger partial charge in [0.15, 0.2) is 0 Å². The van der Waals surface area contributed by atoms with Gasteiger partial charge in [0.05, 0.1) is 23.0 Å². The molecule has 0 aliphatic carbocycles. The predicted octanol–water partition coefficient (Wildman–Crippen LogP) is 9.91. The van der Waals surface area contributed by atoms with Crippen LogP contribution >= 0.6 is 0 Å². The maximum absolute atomic E-state index is 6.04. The first-order valence-corrected chi connectivity index (χ1v) is 20.2. The van der Waals surface area contributed by atoms with Crippen molar-refractivity contribution in [2.24, 2.45) is 0 Å². The number of hydrogen-bond donors (Lipinski definition) is 0. The van der Waals surface area contributed by atoms with E-state index in [-0.39, 0.29) is 51.0 Å². The number of fused-ring (bicyclic) bond motifs is 2. The van der Waals surface area contributed by atoms with Crippen LogP contribution in [-0.4, -0.2) is 0 Å². The molecule has 292 valence electrons. The molecule has 0 bridgehead atoms. The van der Waals surface area contributed by atoms with Crippen molar-refractivity contribution < 1.29 is 59.9 Å². The zero-order chi connectivity index (χ0) is 37.6. The Bertz CT molecular complexity index is 2250. The van der Waals surface area contributed by atoms with Gasteiger partial charge in [-0.15, -0.1) is 57.9 Å². The molecule has 8 aromatic rings. The minimum absolute atomic E-state index is 0. The molecule has 2 aromatic heterocycles. The molecule has 6 aromatic carbocycles. The molecule has 2 atom stereocenters. The number of rotatable bonds is 12. The Morgan fingerprint density at radius 3 is 1.23 bits per heavy atom. The van der Waals surface area contributed by atoms with Gasteiger partial charge in [0.2, 0.25) is 0 Å². The molecule has 2 heterocycles. The van der Waals surface area contributed by atoms with E-state index in [4.69, 9.17) is 8.83 Å². The van der Waals surface area contributed by atoms with E-state index in [0.717, 1.165) is 59.9 Å². The van der Waals surface area contributed by atoms with Gasteiger partial charge in [-0.3, -0.25) is 0 Å². The number of furan rings is 2. The molecule has 0 N–H and O–H groups in total. The Labute approximate surface area is 371 Å². The molecule has 0 fully saturated rings. The van der Waals surface area contributed by atoms with Gasteiger partial charge in [0.1, 0.15) is 0 Å². The Morgan fingerprint density at radius 1 is 0.491 bits per heavy atom. The van der Waals surface area contributed by atoms with E-state index in [0.29, 0.717) is 11.8 Å². The molecule has 57 heavy (non-hydrogen) atoms. The van der Waals surface area contributed by atoms with E-state index >= 15 is 0 Å². The fourth-order valence-electron chi connectivity index (χ4n) is 7.54. The number of aryl methyl sites for hydroxylation is 2. The van der Waals surface area contributed by atoms with Crippen LogP contribution in [0.15, 0.2) is 142 Å². The maximum Gasteiger partial charge on any atom is 4.00 e. The molecule has 0 aliphatic rings. The van der Waals surface area contributed by atoms with Crippen LogP contribution in [0.1, 0.15) is 102 Å². The molecule has 5 heteroatoms. The van der Waals surface area contributed by atoms with Crippen molar-refractivity contribution in [3.05, 3.63) is 156 Å². The van der Waals surface area contributed by atoms with Crippen LogP contribution in [0.25, 0.3) is 66.4 Å². The van der Waals surface area contributed by atoms with Crippen molar-refractivity contribution in [1.29, 1.82) is 0 Å². The molecule has 2 unspecified atom stereocenters. The van der Waals surface area contributed by atoms with Gasteiger partial charge in [-0.2, -0.15) is 0 Å². The standard InChI is InChI=1S/2C26H27O.2ClH.Zr/c2*1-4-7-23-14-15-26(27-23)22-16-21-8-6-9-24(25(21)17-22)20-12-10-19(11-13-20)18(3)5-2;;;/h2*6,8-18H,4-5,7H2,1-3H3;2*1H;/q2*-1;;;+4/p-2. The zero-order valence-electron chi connectivity index (χ0n) is 34.2. The average molecular weight is 873 g/mol. The molecule has 0 saturated heterocycles. The number of benzene rings is 4. The summed E-state index contributed by atoms with van der Waals surface area (Å²) in [7, 11) is 0. The van der Waals surface area contributed by atoms with Crippen LogP contribution in [0.3, 0.4) is 0 Å². The summed E-state index contributed by atoms with van der Waals surface area (Å²) in [5.41, 5.74) is 10.3. The van der Waals surface area contributed by atoms with Crippen LogP contribution < -0.4 is 24.8 Å². The van der Waals surface area contributed by atoms with Crippen molar-refractivity contribution in [3.8, 4) is 44.9 Å². The molecule has 2 nitrogen and oxygen atoms in total. The Hall–Kier alpha value is -3.88. The number of halogens is 2. The summed E-state index contributed by atoms with van der Waals surface area (Å²) in [4.78, 5) is 0. The van der Waals surface area contributed by atoms with E-state index in [2.05, 4.69) is 175 Å². The van der Waals surface area contributed by atoms with Gasteiger partial charge in [0.25, 0.3) is 0 Å². The van der Waals surface area contributed by atoms with Crippen LogP contribution in [0.4, 0.5) is 0 Å². The zero-order valence-corrected chi connectivity index (χ0v) is 38.1. The Balaban J connectivity index is 0.000000240. The third-order valence-electron chi connectivity index (χ3n) is 11.2. The summed E-state index contributed by atoms with van der Waals surface area (Å²) >= 11 is 0. The van der Waals surface area contributed by atoms with Gasteiger partial charge in [-0.25, -0.2) is 0 Å². The SMILES string of the molecule is CCCc1ccc(-c2cc3c(-c4ccc(C(C)CC)cc4)cccc3[cH-]2)o1.CCCc1ccc(-c2cc3c(-c4ccc(C(C)CC)cc4)cccc3[cH-]2)o1.[Cl-].[Cl-].[Zr+4]. The van der Waals surface area contributed by atoms with E-state index in [1.165, 1.54) is 67.8 Å². The quantitative estimate of drug-likeness (QED) is 0.114. The summed E-state index contributed by atoms with van der Waals surface area (Å²) in [5.74, 6) is 5.28. The fourth-order valence-corrected chi connectivity index (χ4v) is 7.54. The van der Waals surface area contributed by atoms with Crippen molar-refractivity contribution in [3.63, 3.8) is 0 Å².